The summed E-state index contributed by atoms with van der Waals surface area (Å²) >= 11 is 0. The normalized spacial score (nSPS) is 12.5. The first kappa shape index (κ1) is 15.6. The zero-order chi connectivity index (χ0) is 17.1. The summed E-state index contributed by atoms with van der Waals surface area (Å²) in [4.78, 5) is 23.8. The van der Waals surface area contributed by atoms with Gasteiger partial charge >= 0.3 is 0 Å². The Morgan fingerprint density at radius 3 is 2.75 bits per heavy atom. The molecule has 3 rings (SSSR count). The molecule has 0 radical (unpaired) electrons. The van der Waals surface area contributed by atoms with E-state index in [1.165, 1.54) is 19.2 Å². The zero-order valence-electron chi connectivity index (χ0n) is 13.0. The number of benzene rings is 2. The highest BCUT2D eigenvalue weighted by molar-refractivity contribution is 6.08. The van der Waals surface area contributed by atoms with Crippen LogP contribution in [-0.4, -0.2) is 25.5 Å². The Labute approximate surface area is 138 Å². The fraction of sp³-hybridized carbons (Fsp3) is 0.111. The summed E-state index contributed by atoms with van der Waals surface area (Å²) in [5, 5.41) is 2.74. The van der Waals surface area contributed by atoms with Crippen molar-refractivity contribution in [2.75, 3.05) is 19.0 Å². The molecule has 1 aliphatic rings. The van der Waals surface area contributed by atoms with Crippen LogP contribution in [0.2, 0.25) is 0 Å². The first-order valence-electron chi connectivity index (χ1n) is 7.30. The second-order valence-electron chi connectivity index (χ2n) is 5.23. The first-order valence-corrected chi connectivity index (χ1v) is 7.30. The third kappa shape index (κ3) is 3.08. The largest absolute Gasteiger partial charge is 0.495 e. The number of ether oxygens (including phenoxy) is 2. The van der Waals surface area contributed by atoms with Gasteiger partial charge in [0.2, 0.25) is 5.91 Å². The van der Waals surface area contributed by atoms with E-state index >= 15 is 0 Å². The standard InChI is InChI=1S/C18H16N2O4/c1-23-16-7-6-12(17(19)21)9-14(16)20-18(22)13-8-11-4-2-3-5-15(11)24-10-13/h2-9H,10H2,1H3,(H2,19,21)(H,20,22). The van der Waals surface area contributed by atoms with Crippen molar-refractivity contribution in [3.05, 3.63) is 59.2 Å². The smallest absolute Gasteiger partial charge is 0.255 e. The van der Waals surface area contributed by atoms with E-state index in [0.29, 0.717) is 17.0 Å². The maximum atomic E-state index is 12.5. The van der Waals surface area contributed by atoms with Crippen molar-refractivity contribution in [3.63, 3.8) is 0 Å². The highest BCUT2D eigenvalue weighted by atomic mass is 16.5. The van der Waals surface area contributed by atoms with Crippen molar-refractivity contribution in [2.24, 2.45) is 5.73 Å². The topological polar surface area (TPSA) is 90.6 Å². The van der Waals surface area contributed by atoms with Gasteiger partial charge in [0.15, 0.2) is 0 Å². The number of primary amides is 1. The molecule has 6 nitrogen and oxygen atoms in total. The maximum absolute atomic E-state index is 12.5. The number of methoxy groups -OCH3 is 1. The van der Waals surface area contributed by atoms with Crippen LogP contribution in [0.3, 0.4) is 0 Å². The van der Waals surface area contributed by atoms with Gasteiger partial charge < -0.3 is 20.5 Å². The number of nitrogens with two attached hydrogens (primary N) is 1. The van der Waals surface area contributed by atoms with Crippen molar-refractivity contribution < 1.29 is 19.1 Å². The third-order valence-electron chi connectivity index (χ3n) is 3.66. The number of rotatable bonds is 4. The number of amides is 2. The molecule has 0 unspecified atom stereocenters. The van der Waals surface area contributed by atoms with Gasteiger partial charge in [-0.15, -0.1) is 0 Å². The predicted octanol–water partition coefficient (Wildman–Crippen LogP) is 2.21. The Kier molecular flexibility index (Phi) is 4.20. The summed E-state index contributed by atoms with van der Waals surface area (Å²) in [6.45, 7) is 0.167. The monoisotopic (exact) mass is 324 g/mol. The molecule has 0 fully saturated rings. The molecule has 0 spiro atoms. The molecule has 0 aromatic heterocycles. The van der Waals surface area contributed by atoms with Crippen LogP contribution < -0.4 is 20.5 Å². The number of hydrogen-bond acceptors (Lipinski definition) is 4. The lowest BCUT2D eigenvalue weighted by atomic mass is 10.1. The van der Waals surface area contributed by atoms with Gasteiger partial charge in [-0.2, -0.15) is 0 Å². The number of fused-ring (bicyclic) bond motifs is 1. The fourth-order valence-corrected chi connectivity index (χ4v) is 2.41. The summed E-state index contributed by atoms with van der Waals surface area (Å²) in [6.07, 6.45) is 1.78. The van der Waals surface area contributed by atoms with Gasteiger partial charge in [-0.1, -0.05) is 18.2 Å². The minimum Gasteiger partial charge on any atom is -0.495 e. The average molecular weight is 324 g/mol. The number of anilines is 1. The summed E-state index contributed by atoms with van der Waals surface area (Å²) in [5.74, 6) is 0.264. The molecule has 0 bridgehead atoms. The lowest BCUT2D eigenvalue weighted by Crippen LogP contribution is -2.22. The van der Waals surface area contributed by atoms with Crippen molar-refractivity contribution in [2.45, 2.75) is 0 Å². The van der Waals surface area contributed by atoms with Gasteiger partial charge in [-0.05, 0) is 30.3 Å². The lowest BCUT2D eigenvalue weighted by molar-refractivity contribution is -0.113. The van der Waals surface area contributed by atoms with E-state index in [1.54, 1.807) is 12.1 Å². The number of hydrogen-bond donors (Lipinski definition) is 2. The van der Waals surface area contributed by atoms with Crippen LogP contribution in [0.4, 0.5) is 5.69 Å². The Morgan fingerprint density at radius 1 is 1.21 bits per heavy atom. The minimum atomic E-state index is -0.581. The van der Waals surface area contributed by atoms with Crippen LogP contribution in [0.5, 0.6) is 11.5 Å². The van der Waals surface area contributed by atoms with Gasteiger partial charge in [0, 0.05) is 11.1 Å². The summed E-state index contributed by atoms with van der Waals surface area (Å²) < 4.78 is 10.8. The van der Waals surface area contributed by atoms with Crippen LogP contribution in [-0.2, 0) is 4.79 Å². The molecule has 2 aromatic rings. The highest BCUT2D eigenvalue weighted by Crippen LogP contribution is 2.29. The van der Waals surface area contributed by atoms with Gasteiger partial charge in [-0.25, -0.2) is 0 Å². The Hall–Kier alpha value is -3.28. The minimum absolute atomic E-state index is 0.167. The first-order chi connectivity index (χ1) is 11.6. The molecule has 1 aliphatic heterocycles. The number of carbonyl (C=O) groups is 2. The van der Waals surface area contributed by atoms with E-state index in [-0.39, 0.29) is 18.1 Å². The molecule has 0 saturated heterocycles. The maximum Gasteiger partial charge on any atom is 0.255 e. The second-order valence-corrected chi connectivity index (χ2v) is 5.23. The van der Waals surface area contributed by atoms with Crippen molar-refractivity contribution in [1.29, 1.82) is 0 Å². The number of para-hydroxylation sites is 1. The predicted molar refractivity (Wildman–Crippen MR) is 90.1 cm³/mol. The van der Waals surface area contributed by atoms with Crippen LogP contribution in [0.1, 0.15) is 15.9 Å². The van der Waals surface area contributed by atoms with E-state index in [4.69, 9.17) is 15.2 Å². The van der Waals surface area contributed by atoms with Gasteiger partial charge in [-0.3, -0.25) is 9.59 Å². The summed E-state index contributed by atoms with van der Waals surface area (Å²) in [6, 6.07) is 12.1. The van der Waals surface area contributed by atoms with Gasteiger partial charge in [0.05, 0.1) is 18.4 Å². The van der Waals surface area contributed by atoms with Gasteiger partial charge in [0.1, 0.15) is 18.1 Å². The molecule has 2 amide bonds. The zero-order valence-corrected chi connectivity index (χ0v) is 13.0. The average Bonchev–Trinajstić information content (AvgIpc) is 2.61. The van der Waals surface area contributed by atoms with E-state index in [1.807, 2.05) is 24.3 Å². The molecule has 2 aromatic carbocycles. The van der Waals surface area contributed by atoms with E-state index in [2.05, 4.69) is 5.32 Å². The Bertz CT molecular complexity index is 843. The van der Waals surface area contributed by atoms with Crippen molar-refractivity contribution in [1.82, 2.24) is 0 Å². The molecule has 0 saturated carbocycles. The van der Waals surface area contributed by atoms with E-state index in [9.17, 15) is 9.59 Å². The van der Waals surface area contributed by atoms with Crippen LogP contribution >= 0.6 is 0 Å². The Morgan fingerprint density at radius 2 is 2.00 bits per heavy atom. The molecule has 3 N–H and O–H groups in total. The van der Waals surface area contributed by atoms with Crippen LogP contribution in [0.25, 0.3) is 6.08 Å². The number of carbonyl (C=O) groups excluding carboxylic acids is 2. The van der Waals surface area contributed by atoms with E-state index < -0.39 is 5.91 Å². The molecular weight excluding hydrogens is 308 g/mol. The molecule has 24 heavy (non-hydrogen) atoms. The summed E-state index contributed by atoms with van der Waals surface area (Å²) in [7, 11) is 1.48. The van der Waals surface area contributed by atoms with Crippen LogP contribution in [0.15, 0.2) is 48.0 Å². The van der Waals surface area contributed by atoms with Gasteiger partial charge in [0.25, 0.3) is 5.91 Å². The molecule has 6 heteroatoms. The van der Waals surface area contributed by atoms with Crippen LogP contribution in [0, 0.1) is 0 Å². The fourth-order valence-electron chi connectivity index (χ4n) is 2.41. The quantitative estimate of drug-likeness (QED) is 0.902. The second kappa shape index (κ2) is 6.45. The molecule has 0 aliphatic carbocycles. The molecule has 0 atom stereocenters. The summed E-state index contributed by atoms with van der Waals surface area (Å²) in [5.41, 5.74) is 7.25. The number of nitrogens with one attached hydrogen (secondary N) is 1. The highest BCUT2D eigenvalue weighted by Gasteiger charge is 2.18. The molecule has 122 valence electrons. The molecular formula is C18H16N2O4. The SMILES string of the molecule is COc1ccc(C(N)=O)cc1NC(=O)C1=Cc2ccccc2OC1. The Balaban J connectivity index is 1.87. The lowest BCUT2D eigenvalue weighted by Gasteiger charge is -2.18. The van der Waals surface area contributed by atoms with Crippen molar-refractivity contribution in [3.8, 4) is 11.5 Å². The van der Waals surface area contributed by atoms with E-state index in [0.717, 1.165) is 11.3 Å². The van der Waals surface area contributed by atoms with Crippen molar-refractivity contribution >= 4 is 23.6 Å². The third-order valence-corrected chi connectivity index (χ3v) is 3.66. The molecule has 1 heterocycles.